The Hall–Kier alpha value is -2.08. The summed E-state index contributed by atoms with van der Waals surface area (Å²) in [6.07, 6.45) is 3.61. The molecule has 0 aliphatic carbocycles. The number of likely N-dealkylation sites (tertiary alicyclic amines) is 1. The standard InChI is InChI=1S/C20H31N3O3/c1-3-10-21-19(24)14-23-11-8-17(9-12-23)22-20(25)15-26-18-7-5-6-16(4-2)13-18/h5-7,13,17H,3-4,8-12,14-15H2,1-2H3,(H,21,24)(H,22,25). The molecule has 1 aliphatic rings. The van der Waals surface area contributed by atoms with E-state index in [4.69, 9.17) is 4.74 Å². The van der Waals surface area contributed by atoms with E-state index in [-0.39, 0.29) is 24.5 Å². The predicted molar refractivity (Wildman–Crippen MR) is 102 cm³/mol. The lowest BCUT2D eigenvalue weighted by Gasteiger charge is -2.31. The summed E-state index contributed by atoms with van der Waals surface area (Å²) in [6, 6.07) is 7.98. The van der Waals surface area contributed by atoms with Crippen LogP contribution < -0.4 is 15.4 Å². The normalized spacial score (nSPS) is 15.5. The maximum absolute atomic E-state index is 12.1. The monoisotopic (exact) mass is 361 g/mol. The van der Waals surface area contributed by atoms with Gasteiger partial charge in [-0.2, -0.15) is 0 Å². The molecule has 6 heteroatoms. The molecule has 6 nitrogen and oxygen atoms in total. The summed E-state index contributed by atoms with van der Waals surface area (Å²) in [4.78, 5) is 26.0. The third-order valence-electron chi connectivity index (χ3n) is 4.57. The second-order valence-electron chi connectivity index (χ2n) is 6.76. The van der Waals surface area contributed by atoms with Crippen LogP contribution in [0.15, 0.2) is 24.3 Å². The number of carbonyl (C=O) groups is 2. The summed E-state index contributed by atoms with van der Waals surface area (Å²) in [6.45, 7) is 6.98. The molecule has 0 saturated carbocycles. The molecule has 1 aromatic carbocycles. The van der Waals surface area contributed by atoms with Crippen LogP contribution in [0.5, 0.6) is 5.75 Å². The van der Waals surface area contributed by atoms with Crippen LogP contribution in [-0.2, 0) is 16.0 Å². The molecular formula is C20H31N3O3. The Morgan fingerprint density at radius 1 is 1.19 bits per heavy atom. The van der Waals surface area contributed by atoms with Crippen molar-refractivity contribution in [2.24, 2.45) is 0 Å². The van der Waals surface area contributed by atoms with Gasteiger partial charge in [0.15, 0.2) is 6.61 Å². The van der Waals surface area contributed by atoms with Gasteiger partial charge in [0.1, 0.15) is 5.75 Å². The zero-order chi connectivity index (χ0) is 18.8. The van der Waals surface area contributed by atoms with Crippen molar-refractivity contribution >= 4 is 11.8 Å². The first-order chi connectivity index (χ1) is 12.6. The summed E-state index contributed by atoms with van der Waals surface area (Å²) in [5.41, 5.74) is 1.19. The van der Waals surface area contributed by atoms with Gasteiger partial charge in [0.25, 0.3) is 5.91 Å². The van der Waals surface area contributed by atoms with Crippen molar-refractivity contribution in [3.63, 3.8) is 0 Å². The molecule has 0 unspecified atom stereocenters. The van der Waals surface area contributed by atoms with Crippen molar-refractivity contribution in [1.29, 1.82) is 0 Å². The van der Waals surface area contributed by atoms with Crippen molar-refractivity contribution in [2.45, 2.75) is 45.6 Å². The van der Waals surface area contributed by atoms with Gasteiger partial charge in [0, 0.05) is 25.7 Å². The Morgan fingerprint density at radius 3 is 2.65 bits per heavy atom. The summed E-state index contributed by atoms with van der Waals surface area (Å²) in [5, 5.41) is 5.93. The van der Waals surface area contributed by atoms with E-state index in [0.717, 1.165) is 51.1 Å². The fraction of sp³-hybridized carbons (Fsp3) is 0.600. The number of amides is 2. The zero-order valence-electron chi connectivity index (χ0n) is 15.9. The fourth-order valence-corrected chi connectivity index (χ4v) is 3.03. The Labute approximate surface area is 156 Å². The number of nitrogens with one attached hydrogen (secondary N) is 2. The third kappa shape index (κ3) is 7.04. The molecule has 2 amide bonds. The number of nitrogens with zero attached hydrogens (tertiary/aromatic N) is 1. The lowest BCUT2D eigenvalue weighted by Crippen LogP contribution is -2.48. The first-order valence-electron chi connectivity index (χ1n) is 9.60. The Morgan fingerprint density at radius 2 is 1.96 bits per heavy atom. The number of rotatable bonds is 9. The van der Waals surface area contributed by atoms with E-state index in [1.165, 1.54) is 5.56 Å². The largest absolute Gasteiger partial charge is 0.484 e. The minimum atomic E-state index is -0.0916. The van der Waals surface area contributed by atoms with E-state index in [1.54, 1.807) is 0 Å². The lowest BCUT2D eigenvalue weighted by molar-refractivity contribution is -0.125. The van der Waals surface area contributed by atoms with Gasteiger partial charge in [-0.05, 0) is 43.4 Å². The first-order valence-corrected chi connectivity index (χ1v) is 9.60. The maximum Gasteiger partial charge on any atom is 0.258 e. The zero-order valence-corrected chi connectivity index (χ0v) is 15.9. The van der Waals surface area contributed by atoms with Gasteiger partial charge >= 0.3 is 0 Å². The van der Waals surface area contributed by atoms with E-state index in [1.807, 2.05) is 31.2 Å². The predicted octanol–water partition coefficient (Wildman–Crippen LogP) is 1.73. The molecule has 1 saturated heterocycles. The van der Waals surface area contributed by atoms with E-state index >= 15 is 0 Å². The Bertz CT molecular complexity index is 583. The summed E-state index contributed by atoms with van der Waals surface area (Å²) >= 11 is 0. The van der Waals surface area contributed by atoms with Crippen molar-refractivity contribution in [3.05, 3.63) is 29.8 Å². The van der Waals surface area contributed by atoms with Gasteiger partial charge in [-0.15, -0.1) is 0 Å². The van der Waals surface area contributed by atoms with Crippen molar-refractivity contribution in [3.8, 4) is 5.75 Å². The molecule has 0 spiro atoms. The van der Waals surface area contributed by atoms with Gasteiger partial charge in [-0.3, -0.25) is 14.5 Å². The van der Waals surface area contributed by atoms with Crippen LogP contribution in [0.25, 0.3) is 0 Å². The third-order valence-corrected chi connectivity index (χ3v) is 4.57. The van der Waals surface area contributed by atoms with Crippen LogP contribution in [0.4, 0.5) is 0 Å². The van der Waals surface area contributed by atoms with E-state index < -0.39 is 0 Å². The Kier molecular flexibility index (Phi) is 8.41. The fourth-order valence-electron chi connectivity index (χ4n) is 3.03. The molecule has 1 heterocycles. The molecule has 1 fully saturated rings. The molecular weight excluding hydrogens is 330 g/mol. The van der Waals surface area contributed by atoms with E-state index in [9.17, 15) is 9.59 Å². The highest BCUT2D eigenvalue weighted by Crippen LogP contribution is 2.14. The van der Waals surface area contributed by atoms with Crippen molar-refractivity contribution < 1.29 is 14.3 Å². The topological polar surface area (TPSA) is 70.7 Å². The van der Waals surface area contributed by atoms with Crippen LogP contribution in [0.2, 0.25) is 0 Å². The molecule has 1 aliphatic heterocycles. The second-order valence-corrected chi connectivity index (χ2v) is 6.76. The van der Waals surface area contributed by atoms with E-state index in [2.05, 4.69) is 22.5 Å². The Balaban J connectivity index is 1.65. The average Bonchev–Trinajstić information content (AvgIpc) is 2.66. The lowest BCUT2D eigenvalue weighted by atomic mass is 10.1. The number of benzene rings is 1. The van der Waals surface area contributed by atoms with Crippen molar-refractivity contribution in [2.75, 3.05) is 32.8 Å². The number of hydrogen-bond acceptors (Lipinski definition) is 4. The minimum Gasteiger partial charge on any atom is -0.484 e. The molecule has 2 N–H and O–H groups in total. The van der Waals surface area contributed by atoms with Gasteiger partial charge in [-0.25, -0.2) is 0 Å². The number of aryl methyl sites for hydroxylation is 1. The summed E-state index contributed by atoms with van der Waals surface area (Å²) < 4.78 is 5.59. The number of carbonyl (C=O) groups excluding carboxylic acids is 2. The summed E-state index contributed by atoms with van der Waals surface area (Å²) in [7, 11) is 0. The summed E-state index contributed by atoms with van der Waals surface area (Å²) in [5.74, 6) is 0.718. The van der Waals surface area contributed by atoms with Crippen LogP contribution >= 0.6 is 0 Å². The quantitative estimate of drug-likeness (QED) is 0.703. The highest BCUT2D eigenvalue weighted by atomic mass is 16.5. The smallest absolute Gasteiger partial charge is 0.258 e. The highest BCUT2D eigenvalue weighted by Gasteiger charge is 2.22. The number of piperidine rings is 1. The number of hydrogen-bond donors (Lipinski definition) is 2. The van der Waals surface area contributed by atoms with Gasteiger partial charge in [-0.1, -0.05) is 26.0 Å². The maximum atomic E-state index is 12.1. The SMILES string of the molecule is CCCNC(=O)CN1CCC(NC(=O)COc2cccc(CC)c2)CC1. The molecule has 2 rings (SSSR count). The molecule has 0 bridgehead atoms. The van der Waals surface area contributed by atoms with Crippen molar-refractivity contribution in [1.82, 2.24) is 15.5 Å². The average molecular weight is 361 g/mol. The molecule has 144 valence electrons. The van der Waals surface area contributed by atoms with Crippen LogP contribution in [0.3, 0.4) is 0 Å². The van der Waals surface area contributed by atoms with Gasteiger partial charge in [0.2, 0.25) is 5.91 Å². The number of ether oxygens (including phenoxy) is 1. The molecule has 26 heavy (non-hydrogen) atoms. The molecule has 1 aromatic rings. The molecule has 0 radical (unpaired) electrons. The first kappa shape index (κ1) is 20.2. The molecule has 0 atom stereocenters. The van der Waals surface area contributed by atoms with E-state index in [0.29, 0.717) is 6.54 Å². The van der Waals surface area contributed by atoms with Crippen LogP contribution in [0, 0.1) is 0 Å². The van der Waals surface area contributed by atoms with Gasteiger partial charge in [0.05, 0.1) is 6.54 Å². The highest BCUT2D eigenvalue weighted by molar-refractivity contribution is 5.78. The minimum absolute atomic E-state index is 0.0345. The second kappa shape index (κ2) is 10.8. The molecule has 0 aromatic heterocycles. The van der Waals surface area contributed by atoms with Crippen LogP contribution in [-0.4, -0.2) is 55.5 Å². The van der Waals surface area contributed by atoms with Gasteiger partial charge < -0.3 is 15.4 Å². The van der Waals surface area contributed by atoms with Crippen LogP contribution in [0.1, 0.15) is 38.7 Å².